The minimum atomic E-state index is -0.840. The van der Waals surface area contributed by atoms with Gasteiger partial charge in [0.2, 0.25) is 5.91 Å². The van der Waals surface area contributed by atoms with Gasteiger partial charge in [0.25, 0.3) is 0 Å². The van der Waals surface area contributed by atoms with Crippen molar-refractivity contribution < 1.29 is 24.5 Å². The molecule has 0 aliphatic carbocycles. The van der Waals surface area contributed by atoms with E-state index in [0.29, 0.717) is 19.4 Å². The van der Waals surface area contributed by atoms with Crippen LogP contribution < -0.4 is 5.32 Å². The van der Waals surface area contributed by atoms with Crippen molar-refractivity contribution in [3.63, 3.8) is 0 Å². The topological polar surface area (TPSA) is 95.9 Å². The molecule has 2 atom stereocenters. The maximum Gasteiger partial charge on any atom is 0.305 e. The Bertz CT molecular complexity index is 1140. The summed E-state index contributed by atoms with van der Waals surface area (Å²) in [6.07, 6.45) is 81.6. The van der Waals surface area contributed by atoms with Crippen LogP contribution in [0.15, 0.2) is 12.2 Å². The lowest BCUT2D eigenvalue weighted by Gasteiger charge is -2.20. The summed E-state index contributed by atoms with van der Waals surface area (Å²) in [6.45, 7) is 4.93. The van der Waals surface area contributed by atoms with Gasteiger partial charge in [0, 0.05) is 12.8 Å². The maximum absolute atomic E-state index is 12.4. The molecule has 0 aliphatic heterocycles. The molecule has 0 bridgehead atoms. The minimum absolute atomic E-state index is 0.0248. The minimum Gasteiger partial charge on any atom is -0.466 e. The molecular weight excluding hydrogens is 935 g/mol. The van der Waals surface area contributed by atoms with Gasteiger partial charge >= 0.3 is 5.97 Å². The van der Waals surface area contributed by atoms with Crippen LogP contribution in [0.2, 0.25) is 0 Å². The number of unbranched alkanes of at least 4 members (excludes halogenated alkanes) is 55. The van der Waals surface area contributed by atoms with Crippen LogP contribution in [0.1, 0.15) is 399 Å². The molecule has 2 unspecified atom stereocenters. The average molecular weight is 1070 g/mol. The number of carbonyl (C=O) groups is 2. The molecule has 0 radical (unpaired) electrons. The second-order valence-electron chi connectivity index (χ2n) is 24.2. The molecule has 1 amide bonds. The number of amides is 1. The SMILES string of the molecule is CCCCCCCCCCC/C=C/C(O)C(CO)NC(=O)CCCCCCCCCCCCCCCCCCCCCCCCCCCCCCCOC(=O)CCCCCCCCCCCCCCCCCCCCC. The largest absolute Gasteiger partial charge is 0.466 e. The highest BCUT2D eigenvalue weighted by molar-refractivity contribution is 5.76. The van der Waals surface area contributed by atoms with Crippen LogP contribution in [0.25, 0.3) is 0 Å². The maximum atomic E-state index is 12.4. The Labute approximate surface area is 476 Å². The lowest BCUT2D eigenvalue weighted by atomic mass is 10.0. The van der Waals surface area contributed by atoms with Gasteiger partial charge in [0.05, 0.1) is 25.4 Å². The van der Waals surface area contributed by atoms with Crippen LogP contribution in [-0.4, -0.2) is 47.4 Å². The van der Waals surface area contributed by atoms with E-state index in [1.807, 2.05) is 6.08 Å². The lowest BCUT2D eigenvalue weighted by Crippen LogP contribution is -2.45. The fraction of sp³-hybridized carbons (Fsp3) is 0.943. The zero-order chi connectivity index (χ0) is 55.0. The molecule has 0 rings (SSSR count). The number of rotatable bonds is 66. The monoisotopic (exact) mass is 1070 g/mol. The fourth-order valence-electron chi connectivity index (χ4n) is 11.2. The number of ether oxygens (including phenoxy) is 1. The molecule has 0 aliphatic rings. The van der Waals surface area contributed by atoms with Crippen LogP contribution in [0.5, 0.6) is 0 Å². The van der Waals surface area contributed by atoms with E-state index in [0.717, 1.165) is 38.5 Å². The molecule has 0 aromatic carbocycles. The molecule has 6 heteroatoms. The van der Waals surface area contributed by atoms with E-state index < -0.39 is 12.1 Å². The van der Waals surface area contributed by atoms with Gasteiger partial charge in [-0.2, -0.15) is 0 Å². The highest BCUT2D eigenvalue weighted by Crippen LogP contribution is 2.19. The zero-order valence-corrected chi connectivity index (χ0v) is 51.8. The summed E-state index contributed by atoms with van der Waals surface area (Å²) >= 11 is 0. The summed E-state index contributed by atoms with van der Waals surface area (Å²) in [5.41, 5.74) is 0. The zero-order valence-electron chi connectivity index (χ0n) is 51.8. The van der Waals surface area contributed by atoms with Crippen LogP contribution in [0.4, 0.5) is 0 Å². The van der Waals surface area contributed by atoms with E-state index in [1.54, 1.807) is 6.08 Å². The summed E-state index contributed by atoms with van der Waals surface area (Å²) in [5.74, 6) is -0.0389. The quantitative estimate of drug-likeness (QED) is 0.0320. The summed E-state index contributed by atoms with van der Waals surface area (Å²) < 4.78 is 5.52. The van der Waals surface area contributed by atoms with Crippen LogP contribution in [0.3, 0.4) is 0 Å². The average Bonchev–Trinajstić information content (AvgIpc) is 3.42. The molecule has 0 heterocycles. The van der Waals surface area contributed by atoms with Gasteiger partial charge in [-0.3, -0.25) is 9.59 Å². The number of hydrogen-bond acceptors (Lipinski definition) is 5. The number of hydrogen-bond donors (Lipinski definition) is 3. The Morgan fingerprint density at radius 2 is 0.605 bits per heavy atom. The Morgan fingerprint density at radius 1 is 0.355 bits per heavy atom. The number of allylic oxidation sites excluding steroid dienone is 1. The van der Waals surface area contributed by atoms with Crippen LogP contribution in [0, 0.1) is 0 Å². The van der Waals surface area contributed by atoms with E-state index in [-0.39, 0.29) is 18.5 Å². The highest BCUT2D eigenvalue weighted by Gasteiger charge is 2.18. The second-order valence-corrected chi connectivity index (χ2v) is 24.2. The smallest absolute Gasteiger partial charge is 0.305 e. The predicted molar refractivity (Wildman–Crippen MR) is 333 cm³/mol. The Hall–Kier alpha value is -1.40. The fourth-order valence-corrected chi connectivity index (χ4v) is 11.2. The first-order valence-corrected chi connectivity index (χ1v) is 35.0. The Morgan fingerprint density at radius 3 is 0.895 bits per heavy atom. The molecule has 3 N–H and O–H groups in total. The molecule has 452 valence electrons. The van der Waals surface area contributed by atoms with E-state index in [9.17, 15) is 19.8 Å². The van der Waals surface area contributed by atoms with Gasteiger partial charge in [-0.05, 0) is 32.1 Å². The number of carbonyl (C=O) groups excluding carboxylic acids is 2. The molecule has 76 heavy (non-hydrogen) atoms. The predicted octanol–water partition coefficient (Wildman–Crippen LogP) is 22.4. The van der Waals surface area contributed by atoms with E-state index >= 15 is 0 Å². The first-order chi connectivity index (χ1) is 37.5. The summed E-state index contributed by atoms with van der Waals surface area (Å²) in [6, 6.07) is -0.623. The van der Waals surface area contributed by atoms with Crippen molar-refractivity contribution in [1.82, 2.24) is 5.32 Å². The van der Waals surface area contributed by atoms with Crippen molar-refractivity contribution in [3.05, 3.63) is 12.2 Å². The highest BCUT2D eigenvalue weighted by atomic mass is 16.5. The number of esters is 1. The van der Waals surface area contributed by atoms with Crippen molar-refractivity contribution in [2.24, 2.45) is 0 Å². The van der Waals surface area contributed by atoms with Crippen molar-refractivity contribution in [2.75, 3.05) is 13.2 Å². The Balaban J connectivity index is 3.30. The lowest BCUT2D eigenvalue weighted by molar-refractivity contribution is -0.143. The summed E-state index contributed by atoms with van der Waals surface area (Å²) in [7, 11) is 0. The third-order valence-electron chi connectivity index (χ3n) is 16.6. The van der Waals surface area contributed by atoms with Crippen molar-refractivity contribution >= 4 is 11.9 Å². The van der Waals surface area contributed by atoms with Gasteiger partial charge < -0.3 is 20.3 Å². The second kappa shape index (κ2) is 66.1. The normalized spacial score (nSPS) is 12.5. The molecule has 0 aromatic rings. The van der Waals surface area contributed by atoms with Gasteiger partial charge in [-0.25, -0.2) is 0 Å². The van der Waals surface area contributed by atoms with E-state index in [1.165, 1.54) is 334 Å². The van der Waals surface area contributed by atoms with Gasteiger partial charge in [0.1, 0.15) is 0 Å². The van der Waals surface area contributed by atoms with Crippen LogP contribution in [-0.2, 0) is 14.3 Å². The van der Waals surface area contributed by atoms with E-state index in [2.05, 4.69) is 19.2 Å². The van der Waals surface area contributed by atoms with Crippen molar-refractivity contribution in [3.8, 4) is 0 Å². The molecule has 0 saturated heterocycles. The third-order valence-corrected chi connectivity index (χ3v) is 16.6. The molecule has 6 nitrogen and oxygen atoms in total. The van der Waals surface area contributed by atoms with Crippen molar-refractivity contribution in [2.45, 2.75) is 411 Å². The first kappa shape index (κ1) is 74.6. The van der Waals surface area contributed by atoms with E-state index in [4.69, 9.17) is 4.74 Å². The van der Waals surface area contributed by atoms with Gasteiger partial charge in [0.15, 0.2) is 0 Å². The standard InChI is InChI=1S/C70H137NO5/c1-3-5-7-9-11-13-15-16-17-18-30-34-37-40-44-48-52-56-60-64-70(75)76-65-61-57-53-49-45-41-38-35-32-29-27-25-23-21-19-20-22-24-26-28-31-33-36-39-43-47-51-55-59-63-69(74)71-67(66-72)68(73)62-58-54-50-46-42-14-12-10-8-6-4-2/h58,62,67-68,72-73H,3-57,59-61,63-66H2,1-2H3,(H,71,74)/b62-58+. The first-order valence-electron chi connectivity index (χ1n) is 35.0. The van der Waals surface area contributed by atoms with Crippen LogP contribution >= 0.6 is 0 Å². The number of nitrogens with one attached hydrogen (secondary N) is 1. The molecular formula is C70H137NO5. The third kappa shape index (κ3) is 61.8. The van der Waals surface area contributed by atoms with Gasteiger partial charge in [-0.1, -0.05) is 366 Å². The Kier molecular flexibility index (Phi) is 64.9. The van der Waals surface area contributed by atoms with Gasteiger partial charge in [-0.15, -0.1) is 0 Å². The molecule has 0 fully saturated rings. The molecule has 0 spiro atoms. The number of aliphatic hydroxyl groups excluding tert-OH is 2. The number of aliphatic hydroxyl groups is 2. The summed E-state index contributed by atoms with van der Waals surface area (Å²) in [5, 5.41) is 23.1. The summed E-state index contributed by atoms with van der Waals surface area (Å²) in [4.78, 5) is 24.6. The van der Waals surface area contributed by atoms with Crippen molar-refractivity contribution in [1.29, 1.82) is 0 Å². The molecule has 0 aromatic heterocycles. The molecule has 0 saturated carbocycles.